The van der Waals surface area contributed by atoms with Gasteiger partial charge in [0.1, 0.15) is 0 Å². The Hall–Kier alpha value is 0.630. The summed E-state index contributed by atoms with van der Waals surface area (Å²) in [6.07, 6.45) is -9.04. The average molecular weight is 1990 g/mol. The van der Waals surface area contributed by atoms with E-state index in [1.54, 1.807) is 155 Å². The highest BCUT2D eigenvalue weighted by atomic mass is 31.2. The lowest BCUT2D eigenvalue weighted by Crippen LogP contribution is -2.51. The second kappa shape index (κ2) is 48.0. The van der Waals surface area contributed by atoms with Gasteiger partial charge in [-0.05, 0) is 175 Å². The van der Waals surface area contributed by atoms with Crippen molar-refractivity contribution in [2.24, 2.45) is 0 Å². The first-order valence-electron chi connectivity index (χ1n) is 44.4. The van der Waals surface area contributed by atoms with E-state index in [9.17, 15) is 13.7 Å². The van der Waals surface area contributed by atoms with Crippen LogP contribution in [0.25, 0.3) is 0 Å². The zero-order chi connectivity index (χ0) is 95.1. The summed E-state index contributed by atoms with van der Waals surface area (Å²) in [4.78, 5) is 2.13. The zero-order valence-electron chi connectivity index (χ0n) is 81.6. The molecule has 0 amide bonds. The second-order valence-corrected chi connectivity index (χ2v) is 58.9. The van der Waals surface area contributed by atoms with Crippen molar-refractivity contribution in [2.45, 2.75) is 141 Å². The number of hydrogen-bond donors (Lipinski definition) is 0. The molecule has 742 valence electrons. The standard InChI is InChI=1S/C71H153N18O27P9.CH4/c1-57-33-81(25)39-66(111-57)52-106-119(92,74(11)12)83-28-32-101-65(42-83)50-105-121(94,76(15)16)86-35-59(3)113-68(44-86)53-107-120(93,75(13)14)84-29-31-99-63(40-84)48-103-118(91,73(9)10)82-27-30-100-64(41-82)49-104-122(95,77(17)18)87-36-60(4)114-69(45-87)54-109-124(97,79(21)22)89-38-62(6)116-71(47-89)56-110-125(98,80(23)24)88-37-61(5)115-70(46-88)55-108-123(96,78(19)20)85-34-58(2)112-67(43-85)51-102-117(26,90)72(7)8;/h57-71H,27-56H2,1-26H3;1H4/t57-,58-,59-,60-,61-,62-,63-,64-,65-,66-,67-,68-,69-,70-,71-,117?,118?,119?,120?,121?,122?,123?,124?,125?;/m0./s1/i30T,31T,32T;/t30-,31+,32+,57-,58-,59-,60-,61-,62-,63-,64-,65-,66-,67-,68-,69-,70-,71-,117?,118?,119?,120?,121?,122?,123?,124?,125?;. The Morgan fingerprint density at radius 3 is 0.611 bits per heavy atom. The topological polar surface area (TPSA) is 378 Å². The van der Waals surface area contributed by atoms with Crippen LogP contribution in [0.4, 0.5) is 0 Å². The predicted molar refractivity (Wildman–Crippen MR) is 483 cm³/mol. The number of likely N-dealkylation sites (N-methyl/N-ethyl adjacent to an activating group) is 1. The van der Waals surface area contributed by atoms with Crippen molar-refractivity contribution < 1.29 is 129 Å². The van der Waals surface area contributed by atoms with Gasteiger partial charge in [0, 0.05) is 124 Å². The summed E-state index contributed by atoms with van der Waals surface area (Å²) in [6, 6.07) is 0. The molecular formula is C72H157N18O27P9. The molecule has 9 aliphatic rings. The Bertz CT molecular complexity index is 3940. The Kier molecular flexibility index (Phi) is 40.8. The van der Waals surface area contributed by atoms with Gasteiger partial charge in [0.15, 0.2) is 0 Å². The molecule has 9 unspecified atom stereocenters. The highest BCUT2D eigenvalue weighted by Gasteiger charge is 2.52. The van der Waals surface area contributed by atoms with E-state index >= 15 is 27.4 Å². The third-order valence-corrected chi connectivity index (χ3v) is 45.0. The lowest BCUT2D eigenvalue weighted by molar-refractivity contribution is -0.0928. The summed E-state index contributed by atoms with van der Waals surface area (Å²) in [6.45, 7) is 9.62. The second-order valence-electron chi connectivity index (χ2n) is 35.4. The molecule has 0 spiro atoms. The van der Waals surface area contributed by atoms with Crippen LogP contribution in [0.2, 0.25) is 0 Å². The molecule has 0 N–H and O–H groups in total. The molecule has 0 saturated carbocycles. The molecule has 0 aliphatic carbocycles. The molecule has 27 atom stereocenters. The summed E-state index contributed by atoms with van der Waals surface area (Å²) < 4.78 is 301. The van der Waals surface area contributed by atoms with E-state index in [0.717, 1.165) is 6.54 Å². The maximum Gasteiger partial charge on any atom is 0.345 e. The summed E-state index contributed by atoms with van der Waals surface area (Å²) >= 11 is 0. The van der Waals surface area contributed by atoms with E-state index in [-0.39, 0.29) is 190 Å². The van der Waals surface area contributed by atoms with Crippen LogP contribution in [0.15, 0.2) is 0 Å². The molecule has 0 aromatic rings. The van der Waals surface area contributed by atoms with E-state index in [0.29, 0.717) is 6.54 Å². The third-order valence-electron chi connectivity index (χ3n) is 22.6. The number of morpholine rings is 9. The molecule has 9 saturated heterocycles. The molecule has 9 aliphatic heterocycles. The van der Waals surface area contributed by atoms with Crippen molar-refractivity contribution in [1.82, 2.24) is 84.3 Å². The van der Waals surface area contributed by atoms with Crippen molar-refractivity contribution in [3.63, 3.8) is 0 Å². The smallest absolute Gasteiger partial charge is 0.345 e. The molecule has 126 heavy (non-hydrogen) atoms. The minimum atomic E-state index is -4.09. The highest BCUT2D eigenvalue weighted by molar-refractivity contribution is 7.56. The van der Waals surface area contributed by atoms with Crippen LogP contribution in [0, 0.1) is 0 Å². The Balaban J connectivity index is 0.0000206. The lowest BCUT2D eigenvalue weighted by atomic mass is 10.2. The fourth-order valence-electron chi connectivity index (χ4n) is 16.1. The lowest BCUT2D eigenvalue weighted by Gasteiger charge is -2.45. The minimum Gasteiger partial charge on any atom is -0.373 e. The number of nitrogens with zero attached hydrogens (tertiary/aromatic N) is 18. The van der Waals surface area contributed by atoms with Crippen LogP contribution in [-0.2, 0) is 124 Å². The Morgan fingerprint density at radius 2 is 0.421 bits per heavy atom. The number of hydrogen-bond acceptors (Lipinski definition) is 28. The fourth-order valence-corrected chi connectivity index (χ4v) is 33.0. The van der Waals surface area contributed by atoms with Crippen LogP contribution in [0.1, 0.15) is 53.1 Å². The first kappa shape index (κ1) is 107. The van der Waals surface area contributed by atoms with Gasteiger partial charge in [0.25, 0.3) is 7.52 Å². The van der Waals surface area contributed by atoms with Crippen LogP contribution in [0.3, 0.4) is 0 Å². The molecule has 9 heterocycles. The summed E-state index contributed by atoms with van der Waals surface area (Å²) in [7, 11) is -2.93. The van der Waals surface area contributed by atoms with Gasteiger partial charge in [-0.1, -0.05) is 7.43 Å². The maximum atomic E-state index is 15.5. The summed E-state index contributed by atoms with van der Waals surface area (Å²) in [5, 5.41) is 0. The molecule has 0 aromatic heterocycles. The van der Waals surface area contributed by atoms with Crippen LogP contribution >= 0.6 is 68.9 Å². The van der Waals surface area contributed by atoms with Crippen LogP contribution in [0.5, 0.6) is 0 Å². The highest BCUT2D eigenvalue weighted by Crippen LogP contribution is 2.62. The summed E-state index contributed by atoms with van der Waals surface area (Å²) in [5.41, 5.74) is 0. The summed E-state index contributed by atoms with van der Waals surface area (Å²) in [5.74, 6) is 0. The van der Waals surface area contributed by atoms with Crippen molar-refractivity contribution >= 4 is 68.9 Å². The average Bonchev–Trinajstić information content (AvgIpc) is 0.807. The Labute approximate surface area is 756 Å². The molecule has 9 rings (SSSR count). The molecule has 0 radical (unpaired) electrons. The van der Waals surface area contributed by atoms with E-state index in [2.05, 4.69) is 4.90 Å². The first-order chi connectivity index (χ1) is 59.5. The van der Waals surface area contributed by atoms with Gasteiger partial charge in [-0.15, -0.1) is 0 Å². The van der Waals surface area contributed by atoms with E-state index in [4.69, 9.17) is 87.5 Å². The predicted octanol–water partition coefficient (Wildman–Crippen LogP) is 6.78. The monoisotopic (exact) mass is 1990 g/mol. The van der Waals surface area contributed by atoms with Gasteiger partial charge in [0.2, 0.25) is 0 Å². The molecule has 0 aromatic carbocycles. The van der Waals surface area contributed by atoms with Gasteiger partial charge in [-0.2, -0.15) is 0 Å². The van der Waals surface area contributed by atoms with E-state index in [1.807, 2.05) is 48.6 Å². The minimum absolute atomic E-state index is 0. The van der Waals surface area contributed by atoms with Gasteiger partial charge in [-0.25, -0.2) is 79.4 Å². The van der Waals surface area contributed by atoms with Gasteiger partial charge in [0.05, 0.1) is 175 Å². The Morgan fingerprint density at radius 1 is 0.254 bits per heavy atom. The van der Waals surface area contributed by atoms with Crippen molar-refractivity contribution in [1.29, 1.82) is 0 Å². The van der Waals surface area contributed by atoms with Crippen molar-refractivity contribution in [3.05, 3.63) is 0 Å². The molecule has 45 nitrogen and oxygen atoms in total. The maximum absolute atomic E-state index is 15.5. The van der Waals surface area contributed by atoms with E-state index in [1.165, 1.54) is 58.0 Å². The molecule has 9 fully saturated rings. The molecular weight excluding hydrogens is 1830 g/mol. The van der Waals surface area contributed by atoms with Crippen molar-refractivity contribution in [3.8, 4) is 0 Å². The number of rotatable bonds is 44. The first-order valence-corrected chi connectivity index (χ1v) is 56.9. The quantitative estimate of drug-likeness (QED) is 0.0567. The fraction of sp³-hybridized carbons (Fsp3) is 1.00. The molecule has 54 heteroatoms. The van der Waals surface area contributed by atoms with E-state index < -0.39 is 162 Å². The third kappa shape index (κ3) is 28.5. The molecule has 0 bridgehead atoms. The largest absolute Gasteiger partial charge is 0.373 e. The van der Waals surface area contributed by atoms with Crippen LogP contribution < -0.4 is 0 Å². The van der Waals surface area contributed by atoms with Gasteiger partial charge < -0.3 is 88.2 Å². The van der Waals surface area contributed by atoms with Gasteiger partial charge in [-0.3, -0.25) is 41.1 Å². The normalized spacial score (nSPS) is 35.8. The van der Waals surface area contributed by atoms with Crippen LogP contribution in [-0.4, -0.2) is 513 Å². The SMILES string of the molecule is C.[3H][C@@H]1CN(P(=O)(OC[C@@H]2CN(C)C[C@H](C)O2)N(C)C)C[C@@H](COP(=O)(N(C)C)N2C[C@@H](COP(=O)(N(C)C)N3C[C@@H](COP(=O)(N(C)C)N4C[C@@H](COP(=O)(N(C)C)N5C[C@@H](COP(=O)(N(C)C)N6C[C@@H](COP(=O)(N(C)C)N7C[C@@H](COP(=O)(N(C)C)N8C[C@@H](COP(C)(=O)N(C)C)O[C@@H](C)C8)O[C@@H](C)C7)O[C@@H](C)C6)O[C@@H](C)C5)O[C@@H]([3H])C4)O[C@H]([3H])C3)O[C@@H](C)C2)O1. The van der Waals surface area contributed by atoms with Crippen molar-refractivity contribution in [2.75, 3.05) is 338 Å². The van der Waals surface area contributed by atoms with Gasteiger partial charge >= 0.3 is 61.4 Å². The zero-order valence-corrected chi connectivity index (χ0v) is 86.6. The number of ether oxygens (including phenoxy) is 9.